The normalized spacial score (nSPS) is 35.4. The molecule has 9 rings (SSSR count). The molecule has 11 atom stereocenters. The van der Waals surface area contributed by atoms with E-state index in [1.54, 1.807) is 20.2 Å². The van der Waals surface area contributed by atoms with Crippen LogP contribution in [0.4, 0.5) is 5.69 Å². The number of carbonyl (C=O) groups excluding carboxylic acids is 1. The molecule has 0 aromatic heterocycles. The lowest BCUT2D eigenvalue weighted by Crippen LogP contribution is -2.51. The van der Waals surface area contributed by atoms with Crippen LogP contribution in [0.2, 0.25) is 0 Å². The molecule has 6 N–H and O–H groups in total. The Balaban J connectivity index is 1.13. The molecule has 0 radical (unpaired) electrons. The number of nitrogens with one attached hydrogen (secondary N) is 3. The van der Waals surface area contributed by atoms with Crippen LogP contribution < -0.4 is 25.4 Å². The summed E-state index contributed by atoms with van der Waals surface area (Å²) in [5.74, 6) is 7.41. The molecule has 2 bridgehead atoms. The van der Waals surface area contributed by atoms with Crippen LogP contribution in [-0.4, -0.2) is 72.8 Å². The number of anilines is 1. The molecule has 0 saturated heterocycles. The zero-order valence-corrected chi connectivity index (χ0v) is 41.4. The van der Waals surface area contributed by atoms with Gasteiger partial charge in [0.2, 0.25) is 5.96 Å². The number of aliphatic hydroxyl groups excluding tert-OH is 1. The molecular formula is C57H80N4O7. The number of aromatic hydroxyl groups is 2. The van der Waals surface area contributed by atoms with E-state index in [0.717, 1.165) is 107 Å². The van der Waals surface area contributed by atoms with E-state index in [2.05, 4.69) is 58.0 Å². The number of ether oxygens (including phenoxy) is 3. The summed E-state index contributed by atoms with van der Waals surface area (Å²) in [5.41, 5.74) is 1.09. The van der Waals surface area contributed by atoms with Crippen LogP contribution in [0.25, 0.3) is 0 Å². The standard InChI is InChI=1S/C57H80N4O7/c1-5-37-17-19-40-31-42-13-10-25-57(42)43-32-47(53(65)50(33-43)68-55(36-58-2)26-23-39(34-55)30-52(64)67-44-15-7-6-8-16-44)61-54(59-3)60-27-11-14-41-12-9-24-56(41,51(63)22-20-46(57)45(40)28-37)35-38-18-21-48(62)49(29-38)66-4/h18,20-22,29,32-33,37,39-42,44-46,52,58,62,64-65H,5-10,12-17,19,23-26,28,30-31,34-36H2,1-4H3,(H2,59,60,61)/b22-20+/t37-,39-,40-,41+,42+,45-,46-,52-,55-,56-,57+/m1/s1. The van der Waals surface area contributed by atoms with Crippen molar-refractivity contribution in [2.45, 2.75) is 172 Å². The number of methoxy groups -OCH3 is 1. The average Bonchev–Trinajstić information content (AvgIpc) is 4.08. The van der Waals surface area contributed by atoms with E-state index in [-0.39, 0.29) is 46.6 Å². The number of hydrogen-bond acceptors (Lipinski definition) is 9. The van der Waals surface area contributed by atoms with Gasteiger partial charge < -0.3 is 40.2 Å². The molecule has 7 aliphatic rings. The Kier molecular flexibility index (Phi) is 15.1. The van der Waals surface area contributed by atoms with Crippen molar-refractivity contribution in [1.29, 1.82) is 0 Å². The summed E-state index contributed by atoms with van der Waals surface area (Å²) >= 11 is 0. The lowest BCUT2D eigenvalue weighted by Gasteiger charge is -2.55. The van der Waals surface area contributed by atoms with Crippen molar-refractivity contribution in [1.82, 2.24) is 10.6 Å². The SMILES string of the molecule is CC[C@@H]1CC[C@@H]2C[C@@H]3CCC[C@@]34c3cc(c(O)c(O[C@]5(CNC)CC[C@H](C[C@H](O)OC6CCCCC6)C5)c3)NC(=NC)NC#CC[C@@H]3CCC[C@]3(Cc3ccc(O)c(OC)c3)C(=O)/C=C/[C@@H]4[C@@H]2C1. The van der Waals surface area contributed by atoms with Crippen LogP contribution in [0.3, 0.4) is 0 Å². The van der Waals surface area contributed by atoms with Gasteiger partial charge in [-0.1, -0.05) is 69.9 Å². The average molecular weight is 933 g/mol. The minimum absolute atomic E-state index is 0.0346. The van der Waals surface area contributed by atoms with E-state index in [1.165, 1.54) is 25.7 Å². The first-order valence-electron chi connectivity index (χ1n) is 26.6. The van der Waals surface area contributed by atoms with E-state index in [0.29, 0.717) is 72.6 Å². The Morgan fingerprint density at radius 1 is 0.926 bits per heavy atom. The van der Waals surface area contributed by atoms with E-state index in [4.69, 9.17) is 14.2 Å². The van der Waals surface area contributed by atoms with Gasteiger partial charge in [0.25, 0.3) is 0 Å². The number of aliphatic imine (C=N–C) groups is 1. The van der Waals surface area contributed by atoms with Gasteiger partial charge in [0, 0.05) is 43.3 Å². The highest BCUT2D eigenvalue weighted by Crippen LogP contribution is 2.64. The number of rotatable bonds is 12. The van der Waals surface area contributed by atoms with Crippen LogP contribution in [0.5, 0.6) is 23.0 Å². The Labute approximate surface area is 406 Å². The highest BCUT2D eigenvalue weighted by molar-refractivity contribution is 5.97. The Bertz CT molecular complexity index is 2230. The molecule has 1 heterocycles. The summed E-state index contributed by atoms with van der Waals surface area (Å²) in [4.78, 5) is 20.1. The molecule has 68 heavy (non-hydrogen) atoms. The van der Waals surface area contributed by atoms with Gasteiger partial charge in [-0.3, -0.25) is 15.1 Å². The second kappa shape index (κ2) is 21.0. The first kappa shape index (κ1) is 48.8. The summed E-state index contributed by atoms with van der Waals surface area (Å²) in [6, 6.07) is 13.0. The maximum atomic E-state index is 15.5. The number of nitrogens with zero attached hydrogens (tertiary/aromatic N) is 1. The number of phenols is 2. The maximum absolute atomic E-state index is 15.5. The molecule has 6 fully saturated rings. The molecule has 0 amide bonds. The van der Waals surface area contributed by atoms with Crippen molar-refractivity contribution in [2.75, 3.05) is 33.1 Å². The van der Waals surface area contributed by atoms with Gasteiger partial charge in [0.15, 0.2) is 35.1 Å². The summed E-state index contributed by atoms with van der Waals surface area (Å²) in [7, 11) is 5.24. The number of ketones is 1. The monoisotopic (exact) mass is 933 g/mol. The summed E-state index contributed by atoms with van der Waals surface area (Å²) < 4.78 is 19.0. The summed E-state index contributed by atoms with van der Waals surface area (Å²) in [6.07, 6.45) is 25.2. The van der Waals surface area contributed by atoms with Crippen molar-refractivity contribution in [2.24, 2.45) is 51.8 Å². The number of hydrogen-bond donors (Lipinski definition) is 6. The highest BCUT2D eigenvalue weighted by atomic mass is 16.6. The molecule has 11 heteroatoms. The molecule has 1 aliphatic heterocycles. The van der Waals surface area contributed by atoms with Gasteiger partial charge >= 0.3 is 0 Å². The quantitative estimate of drug-likeness (QED) is 0.0689. The molecule has 6 aliphatic carbocycles. The number of carbonyl (C=O) groups is 1. The predicted octanol–water partition coefficient (Wildman–Crippen LogP) is 10.3. The number of allylic oxidation sites excluding steroid dienone is 2. The number of phenolic OH excluding ortho intramolecular Hbond substituents is 2. The summed E-state index contributed by atoms with van der Waals surface area (Å²) in [6.45, 7) is 2.94. The topological polar surface area (TPSA) is 154 Å². The van der Waals surface area contributed by atoms with Gasteiger partial charge in [0.1, 0.15) is 5.60 Å². The van der Waals surface area contributed by atoms with Crippen LogP contribution in [0, 0.1) is 58.8 Å². The van der Waals surface area contributed by atoms with E-state index in [9.17, 15) is 15.3 Å². The molecule has 0 unspecified atom stereocenters. The Morgan fingerprint density at radius 3 is 2.54 bits per heavy atom. The van der Waals surface area contributed by atoms with Crippen LogP contribution in [-0.2, 0) is 21.4 Å². The number of guanidine groups is 1. The van der Waals surface area contributed by atoms with E-state index in [1.807, 2.05) is 25.3 Å². The van der Waals surface area contributed by atoms with Crippen molar-refractivity contribution < 1.29 is 34.3 Å². The fraction of sp³-hybridized carbons (Fsp3) is 0.684. The van der Waals surface area contributed by atoms with E-state index >= 15 is 4.79 Å². The maximum Gasteiger partial charge on any atom is 0.207 e. The number of fused-ring (bicyclic) bond motifs is 5. The lowest BCUT2D eigenvalue weighted by atomic mass is 9.48. The Hall–Kier alpha value is -4.24. The number of benzene rings is 2. The molecule has 370 valence electrons. The molecule has 2 aromatic carbocycles. The third kappa shape index (κ3) is 9.77. The van der Waals surface area contributed by atoms with Crippen molar-refractivity contribution in [3.05, 3.63) is 53.6 Å². The van der Waals surface area contributed by atoms with Gasteiger partial charge in [-0.15, -0.1) is 0 Å². The van der Waals surface area contributed by atoms with Crippen molar-refractivity contribution in [3.8, 4) is 35.0 Å². The van der Waals surface area contributed by atoms with Gasteiger partial charge in [-0.05, 0) is 173 Å². The fourth-order valence-corrected chi connectivity index (χ4v) is 15.2. The second-order valence-corrected chi connectivity index (χ2v) is 22.3. The molecule has 6 saturated carbocycles. The number of aliphatic hydroxyl groups is 1. The van der Waals surface area contributed by atoms with Crippen LogP contribution in [0.15, 0.2) is 47.5 Å². The smallest absolute Gasteiger partial charge is 0.207 e. The van der Waals surface area contributed by atoms with Crippen molar-refractivity contribution in [3.63, 3.8) is 0 Å². The Morgan fingerprint density at radius 2 is 1.75 bits per heavy atom. The zero-order valence-electron chi connectivity index (χ0n) is 41.4. The summed E-state index contributed by atoms with van der Waals surface area (Å²) in [5, 5.41) is 44.3. The van der Waals surface area contributed by atoms with Crippen molar-refractivity contribution >= 4 is 17.4 Å². The molecule has 11 nitrogen and oxygen atoms in total. The predicted molar refractivity (Wildman–Crippen MR) is 268 cm³/mol. The van der Waals surface area contributed by atoms with E-state index < -0.39 is 17.3 Å². The minimum atomic E-state index is -0.799. The largest absolute Gasteiger partial charge is 0.504 e. The van der Waals surface area contributed by atoms with Crippen LogP contribution in [0.1, 0.15) is 153 Å². The minimum Gasteiger partial charge on any atom is -0.504 e. The lowest BCUT2D eigenvalue weighted by molar-refractivity contribution is -0.152. The second-order valence-electron chi connectivity index (χ2n) is 22.3. The third-order valence-corrected chi connectivity index (χ3v) is 18.6. The van der Waals surface area contributed by atoms with Crippen LogP contribution >= 0.6 is 0 Å². The van der Waals surface area contributed by atoms with Gasteiger partial charge in [-0.25, -0.2) is 0 Å². The molecular weight excluding hydrogens is 853 g/mol. The van der Waals surface area contributed by atoms with Gasteiger partial charge in [0.05, 0.1) is 18.9 Å². The third-order valence-electron chi connectivity index (χ3n) is 18.6. The number of likely N-dealkylation sites (N-methyl/N-ethyl adjacent to an activating group) is 1. The first-order valence-corrected chi connectivity index (χ1v) is 26.6. The highest BCUT2D eigenvalue weighted by Gasteiger charge is 2.58. The molecule has 2 aromatic rings. The first-order chi connectivity index (χ1) is 33.0. The molecule has 1 spiro atoms. The zero-order chi connectivity index (χ0) is 47.5. The fourth-order valence-electron chi connectivity index (χ4n) is 15.2. The van der Waals surface area contributed by atoms with Gasteiger partial charge in [-0.2, -0.15) is 0 Å².